The number of halogens is 2. The highest BCUT2D eigenvalue weighted by Gasteiger charge is 2.09. The van der Waals surface area contributed by atoms with Crippen LogP contribution in [0.3, 0.4) is 0 Å². The predicted molar refractivity (Wildman–Crippen MR) is 86.4 cm³/mol. The molecule has 0 amide bonds. The molecule has 0 radical (unpaired) electrons. The van der Waals surface area contributed by atoms with Crippen LogP contribution in [0.25, 0.3) is 5.69 Å². The van der Waals surface area contributed by atoms with Crippen molar-refractivity contribution in [2.24, 2.45) is 0 Å². The van der Waals surface area contributed by atoms with E-state index in [0.717, 1.165) is 4.57 Å². The number of nitrogens with zero attached hydrogens (tertiary/aromatic N) is 2. The van der Waals surface area contributed by atoms with Crippen LogP contribution in [0, 0.1) is 11.6 Å². The first-order chi connectivity index (χ1) is 11.6. The summed E-state index contributed by atoms with van der Waals surface area (Å²) in [7, 11) is 0. The molecule has 0 aliphatic heterocycles. The van der Waals surface area contributed by atoms with Crippen molar-refractivity contribution < 1.29 is 8.78 Å². The van der Waals surface area contributed by atoms with Gasteiger partial charge in [-0.3, -0.25) is 9.36 Å². The molecule has 0 bridgehead atoms. The highest BCUT2D eigenvalue weighted by Crippen LogP contribution is 2.08. The number of hydrogen-bond donors (Lipinski definition) is 0. The van der Waals surface area contributed by atoms with E-state index in [1.54, 1.807) is 18.2 Å². The van der Waals surface area contributed by atoms with E-state index >= 15 is 0 Å². The molecular weight excluding hydrogens is 314 g/mol. The van der Waals surface area contributed by atoms with Gasteiger partial charge in [-0.15, -0.1) is 0 Å². The van der Waals surface area contributed by atoms with E-state index < -0.39 is 17.1 Å². The molecule has 24 heavy (non-hydrogen) atoms. The Morgan fingerprint density at radius 1 is 0.875 bits per heavy atom. The lowest BCUT2D eigenvalue weighted by Gasteiger charge is -2.10. The topological polar surface area (TPSA) is 44.0 Å². The minimum atomic E-state index is -0.551. The number of rotatable bonds is 4. The van der Waals surface area contributed by atoms with Crippen LogP contribution < -0.4 is 11.2 Å². The number of benzene rings is 2. The first kappa shape index (κ1) is 15.9. The van der Waals surface area contributed by atoms with Gasteiger partial charge in [0, 0.05) is 18.8 Å². The van der Waals surface area contributed by atoms with Crippen LogP contribution in [0.2, 0.25) is 0 Å². The summed E-state index contributed by atoms with van der Waals surface area (Å²) in [5.41, 5.74) is -0.283. The highest BCUT2D eigenvalue weighted by molar-refractivity contribution is 5.31. The summed E-state index contributed by atoms with van der Waals surface area (Å²) >= 11 is 0. The zero-order valence-corrected chi connectivity index (χ0v) is 12.7. The average Bonchev–Trinajstić information content (AvgIpc) is 2.57. The average molecular weight is 328 g/mol. The third kappa shape index (κ3) is 3.17. The van der Waals surface area contributed by atoms with Crippen molar-refractivity contribution in [2.45, 2.75) is 13.0 Å². The first-order valence-electron chi connectivity index (χ1n) is 7.38. The van der Waals surface area contributed by atoms with Gasteiger partial charge in [-0.1, -0.05) is 18.2 Å². The largest absolute Gasteiger partial charge is 0.335 e. The Morgan fingerprint density at radius 3 is 2.29 bits per heavy atom. The van der Waals surface area contributed by atoms with Crippen LogP contribution in [-0.2, 0) is 13.0 Å². The Morgan fingerprint density at radius 2 is 1.58 bits per heavy atom. The monoisotopic (exact) mass is 328 g/mol. The van der Waals surface area contributed by atoms with E-state index in [1.165, 1.54) is 47.2 Å². The quantitative estimate of drug-likeness (QED) is 0.739. The lowest BCUT2D eigenvalue weighted by atomic mass is 10.1. The van der Waals surface area contributed by atoms with Gasteiger partial charge in [-0.25, -0.2) is 18.1 Å². The fraction of sp³-hybridized carbons (Fsp3) is 0.111. The lowest BCUT2D eigenvalue weighted by molar-refractivity contribution is 0.577. The molecule has 1 aromatic heterocycles. The summed E-state index contributed by atoms with van der Waals surface area (Å²) < 4.78 is 29.0. The smallest absolute Gasteiger partial charge is 0.300 e. The first-order valence-corrected chi connectivity index (χ1v) is 7.38. The summed E-state index contributed by atoms with van der Waals surface area (Å²) in [5, 5.41) is 0. The van der Waals surface area contributed by atoms with Crippen molar-refractivity contribution in [1.29, 1.82) is 0 Å². The van der Waals surface area contributed by atoms with E-state index in [2.05, 4.69) is 0 Å². The molecule has 0 unspecified atom stereocenters. The van der Waals surface area contributed by atoms with Crippen molar-refractivity contribution in [3.63, 3.8) is 0 Å². The third-order valence-corrected chi connectivity index (χ3v) is 3.72. The molecule has 0 fully saturated rings. The molecule has 0 aliphatic rings. The summed E-state index contributed by atoms with van der Waals surface area (Å²) in [6.07, 6.45) is 1.69. The van der Waals surface area contributed by atoms with Crippen molar-refractivity contribution >= 4 is 0 Å². The molecule has 0 N–H and O–H groups in total. The molecule has 0 saturated heterocycles. The van der Waals surface area contributed by atoms with Crippen LogP contribution >= 0.6 is 0 Å². The molecular formula is C18H14F2N2O2. The summed E-state index contributed by atoms with van der Waals surface area (Å²) in [5.74, 6) is -0.792. The molecule has 0 aliphatic carbocycles. The van der Waals surface area contributed by atoms with Crippen molar-refractivity contribution in [3.05, 3.63) is 98.8 Å². The second-order valence-corrected chi connectivity index (χ2v) is 5.28. The molecule has 0 atom stereocenters. The van der Waals surface area contributed by atoms with E-state index in [1.807, 2.05) is 0 Å². The van der Waals surface area contributed by atoms with Crippen LogP contribution in [-0.4, -0.2) is 9.13 Å². The maximum Gasteiger partial charge on any atom is 0.335 e. The normalized spacial score (nSPS) is 10.8. The Kier molecular flexibility index (Phi) is 4.37. The van der Waals surface area contributed by atoms with Gasteiger partial charge >= 0.3 is 5.69 Å². The van der Waals surface area contributed by atoms with Gasteiger partial charge in [0.2, 0.25) is 0 Å². The Hall–Kier alpha value is -3.02. The maximum atomic E-state index is 13.7. The number of aryl methyl sites for hydroxylation is 2. The van der Waals surface area contributed by atoms with Crippen LogP contribution in [0.5, 0.6) is 0 Å². The number of hydrogen-bond acceptors (Lipinski definition) is 2. The second-order valence-electron chi connectivity index (χ2n) is 5.28. The molecule has 3 aromatic rings. The van der Waals surface area contributed by atoms with Crippen LogP contribution in [0.1, 0.15) is 5.56 Å². The van der Waals surface area contributed by atoms with Crippen LogP contribution in [0.4, 0.5) is 8.78 Å². The molecule has 0 saturated carbocycles. The second kappa shape index (κ2) is 6.62. The lowest BCUT2D eigenvalue weighted by Crippen LogP contribution is -2.38. The van der Waals surface area contributed by atoms with Gasteiger partial charge in [0.15, 0.2) is 0 Å². The van der Waals surface area contributed by atoms with Crippen LogP contribution in [0.15, 0.2) is 70.4 Å². The summed E-state index contributed by atoms with van der Waals surface area (Å²) in [6, 6.07) is 12.7. The summed E-state index contributed by atoms with van der Waals surface area (Å²) in [4.78, 5) is 24.5. The van der Waals surface area contributed by atoms with E-state index in [9.17, 15) is 18.4 Å². The minimum Gasteiger partial charge on any atom is -0.300 e. The van der Waals surface area contributed by atoms with E-state index in [4.69, 9.17) is 0 Å². The van der Waals surface area contributed by atoms with Gasteiger partial charge in [0.25, 0.3) is 5.56 Å². The van der Waals surface area contributed by atoms with Crippen molar-refractivity contribution in [3.8, 4) is 5.69 Å². The van der Waals surface area contributed by atoms with Gasteiger partial charge < -0.3 is 0 Å². The van der Waals surface area contributed by atoms with Crippen molar-refractivity contribution in [1.82, 2.24) is 9.13 Å². The minimum absolute atomic E-state index is 0.223. The van der Waals surface area contributed by atoms with Gasteiger partial charge in [-0.2, -0.15) is 0 Å². The third-order valence-electron chi connectivity index (χ3n) is 3.72. The summed E-state index contributed by atoms with van der Waals surface area (Å²) in [6.45, 7) is 0.223. The zero-order chi connectivity index (χ0) is 17.1. The zero-order valence-electron chi connectivity index (χ0n) is 12.7. The molecule has 0 spiro atoms. The number of aromatic nitrogens is 2. The Bertz CT molecular complexity index is 975. The Balaban J connectivity index is 1.95. The maximum absolute atomic E-state index is 13.7. The Labute approximate surface area is 136 Å². The molecule has 6 heteroatoms. The fourth-order valence-corrected chi connectivity index (χ4v) is 2.45. The molecule has 4 nitrogen and oxygen atoms in total. The van der Waals surface area contributed by atoms with Gasteiger partial charge in [0.1, 0.15) is 11.6 Å². The molecule has 1 heterocycles. The van der Waals surface area contributed by atoms with Gasteiger partial charge in [0.05, 0.1) is 5.69 Å². The van der Waals surface area contributed by atoms with E-state index in [-0.39, 0.29) is 18.0 Å². The molecule has 3 rings (SSSR count). The SMILES string of the molecule is O=c1ccn(CCc2ccccc2F)c(=O)n1-c1ccc(F)cc1. The van der Waals surface area contributed by atoms with Gasteiger partial charge in [-0.05, 0) is 42.3 Å². The fourth-order valence-electron chi connectivity index (χ4n) is 2.45. The predicted octanol–water partition coefficient (Wildman–Crippen LogP) is 2.52. The molecule has 2 aromatic carbocycles. The highest BCUT2D eigenvalue weighted by atomic mass is 19.1. The van der Waals surface area contributed by atoms with Crippen molar-refractivity contribution in [2.75, 3.05) is 0 Å². The molecule has 122 valence electrons. The van der Waals surface area contributed by atoms with E-state index in [0.29, 0.717) is 12.0 Å². The standard InChI is InChI=1S/C18H14F2N2O2/c19-14-5-7-15(8-6-14)22-17(23)10-12-21(18(22)24)11-9-13-3-1-2-4-16(13)20/h1-8,10,12H,9,11H2.